The van der Waals surface area contributed by atoms with Crippen LogP contribution in [0.5, 0.6) is 5.75 Å². The molecule has 0 aliphatic rings. The Kier molecular flexibility index (Phi) is 2.95. The lowest BCUT2D eigenvalue weighted by Gasteiger charge is -2.10. The lowest BCUT2D eigenvalue weighted by molar-refractivity contribution is 0.476. The zero-order chi connectivity index (χ0) is 11.5. The normalized spacial score (nSPS) is 10.4. The van der Waals surface area contributed by atoms with Gasteiger partial charge in [0.2, 0.25) is 0 Å². The highest BCUT2D eigenvalue weighted by Gasteiger charge is 2.07. The minimum Gasteiger partial charge on any atom is -0.507 e. The number of phenols is 1. The second kappa shape index (κ2) is 4.40. The lowest BCUT2D eigenvalue weighted by atomic mass is 9.97. The molecule has 16 heavy (non-hydrogen) atoms. The molecule has 0 saturated heterocycles. The van der Waals surface area contributed by atoms with Crippen LogP contribution in [0.25, 0.3) is 11.1 Å². The average Bonchev–Trinajstić information content (AvgIpc) is 2.30. The summed E-state index contributed by atoms with van der Waals surface area (Å²) in [4.78, 5) is 0. The molecule has 0 radical (unpaired) electrons. The second-order valence-corrected chi connectivity index (χ2v) is 4.02. The van der Waals surface area contributed by atoms with Gasteiger partial charge >= 0.3 is 0 Å². The van der Waals surface area contributed by atoms with Crippen molar-refractivity contribution in [3.8, 4) is 16.9 Å². The van der Waals surface area contributed by atoms with Crippen molar-refractivity contribution in [1.82, 2.24) is 0 Å². The second-order valence-electron chi connectivity index (χ2n) is 4.02. The van der Waals surface area contributed by atoms with Crippen LogP contribution >= 0.6 is 0 Å². The fourth-order valence-corrected chi connectivity index (χ4v) is 1.97. The number of phenolic OH excluding ortho intramolecular Hbond substituents is 1. The third-order valence-electron chi connectivity index (χ3n) is 2.92. The molecule has 1 heteroatoms. The maximum absolute atomic E-state index is 9.96. The van der Waals surface area contributed by atoms with Crippen molar-refractivity contribution in [2.75, 3.05) is 0 Å². The van der Waals surface area contributed by atoms with Gasteiger partial charge in [-0.25, -0.2) is 0 Å². The lowest BCUT2D eigenvalue weighted by Crippen LogP contribution is -1.89. The van der Waals surface area contributed by atoms with Crippen LogP contribution in [0.2, 0.25) is 0 Å². The average molecular weight is 212 g/mol. The molecule has 0 aliphatic carbocycles. The number of rotatable bonds is 2. The van der Waals surface area contributed by atoms with Crippen molar-refractivity contribution >= 4 is 0 Å². The molecular weight excluding hydrogens is 196 g/mol. The third kappa shape index (κ3) is 1.94. The molecule has 0 saturated carbocycles. The summed E-state index contributed by atoms with van der Waals surface area (Å²) < 4.78 is 0. The van der Waals surface area contributed by atoms with E-state index in [-0.39, 0.29) is 0 Å². The van der Waals surface area contributed by atoms with E-state index >= 15 is 0 Å². The molecule has 1 nitrogen and oxygen atoms in total. The maximum Gasteiger partial charge on any atom is 0.123 e. The van der Waals surface area contributed by atoms with Crippen molar-refractivity contribution in [2.45, 2.75) is 20.3 Å². The van der Waals surface area contributed by atoms with Crippen LogP contribution in [-0.4, -0.2) is 5.11 Å². The highest BCUT2D eigenvalue weighted by molar-refractivity contribution is 5.71. The monoisotopic (exact) mass is 212 g/mol. The largest absolute Gasteiger partial charge is 0.507 e. The maximum atomic E-state index is 9.96. The Morgan fingerprint density at radius 1 is 1.06 bits per heavy atom. The molecule has 0 spiro atoms. The van der Waals surface area contributed by atoms with E-state index in [1.165, 1.54) is 5.56 Å². The van der Waals surface area contributed by atoms with Crippen LogP contribution in [0, 0.1) is 6.92 Å². The van der Waals surface area contributed by atoms with Crippen LogP contribution in [0.1, 0.15) is 18.1 Å². The van der Waals surface area contributed by atoms with Gasteiger partial charge in [-0.1, -0.05) is 37.3 Å². The Labute approximate surface area is 96.4 Å². The standard InChI is InChI=1S/C15H16O/c1-3-12-10-14(15(16)9-11(12)2)13-7-5-4-6-8-13/h4-10,16H,3H2,1-2H3. The fraction of sp³-hybridized carbons (Fsp3) is 0.200. The van der Waals surface area contributed by atoms with Crippen molar-refractivity contribution in [3.63, 3.8) is 0 Å². The minimum atomic E-state index is 0.362. The molecule has 2 rings (SSSR count). The zero-order valence-corrected chi connectivity index (χ0v) is 9.70. The number of benzene rings is 2. The molecule has 82 valence electrons. The molecule has 0 bridgehead atoms. The van der Waals surface area contributed by atoms with E-state index in [0.29, 0.717) is 5.75 Å². The summed E-state index contributed by atoms with van der Waals surface area (Å²) in [6, 6.07) is 13.9. The van der Waals surface area contributed by atoms with Crippen LogP contribution in [0.4, 0.5) is 0 Å². The highest BCUT2D eigenvalue weighted by Crippen LogP contribution is 2.31. The molecule has 1 N–H and O–H groups in total. The molecule has 0 heterocycles. The first-order valence-electron chi connectivity index (χ1n) is 5.60. The van der Waals surface area contributed by atoms with E-state index in [4.69, 9.17) is 0 Å². The van der Waals surface area contributed by atoms with E-state index in [0.717, 1.165) is 23.1 Å². The quantitative estimate of drug-likeness (QED) is 0.799. The predicted molar refractivity (Wildman–Crippen MR) is 67.7 cm³/mol. The van der Waals surface area contributed by atoms with Gasteiger partial charge in [-0.05, 0) is 42.2 Å². The molecule has 2 aromatic rings. The minimum absolute atomic E-state index is 0.362. The summed E-state index contributed by atoms with van der Waals surface area (Å²) in [6.45, 7) is 4.17. The number of hydrogen-bond acceptors (Lipinski definition) is 1. The van der Waals surface area contributed by atoms with Gasteiger partial charge in [0.05, 0.1) is 0 Å². The first-order chi connectivity index (χ1) is 7.72. The van der Waals surface area contributed by atoms with Gasteiger partial charge in [0.15, 0.2) is 0 Å². The first-order valence-corrected chi connectivity index (χ1v) is 5.60. The summed E-state index contributed by atoms with van der Waals surface area (Å²) in [5, 5.41) is 9.96. The Hall–Kier alpha value is -1.76. The predicted octanol–water partition coefficient (Wildman–Crippen LogP) is 3.93. The van der Waals surface area contributed by atoms with Gasteiger partial charge in [0.1, 0.15) is 5.75 Å². The van der Waals surface area contributed by atoms with Crippen LogP contribution in [0.15, 0.2) is 42.5 Å². The van der Waals surface area contributed by atoms with Crippen LogP contribution < -0.4 is 0 Å². The van der Waals surface area contributed by atoms with E-state index in [1.54, 1.807) is 0 Å². The smallest absolute Gasteiger partial charge is 0.123 e. The van der Waals surface area contributed by atoms with Crippen molar-refractivity contribution in [2.24, 2.45) is 0 Å². The van der Waals surface area contributed by atoms with Crippen molar-refractivity contribution < 1.29 is 5.11 Å². The van der Waals surface area contributed by atoms with E-state index in [2.05, 4.69) is 13.0 Å². The van der Waals surface area contributed by atoms with Gasteiger partial charge < -0.3 is 5.11 Å². The van der Waals surface area contributed by atoms with Crippen molar-refractivity contribution in [3.05, 3.63) is 53.6 Å². The summed E-state index contributed by atoms with van der Waals surface area (Å²) in [7, 11) is 0. The molecule has 0 amide bonds. The molecule has 0 unspecified atom stereocenters. The topological polar surface area (TPSA) is 20.2 Å². The van der Waals surface area contributed by atoms with Gasteiger partial charge in [-0.15, -0.1) is 0 Å². The number of aryl methyl sites for hydroxylation is 2. The molecule has 0 aromatic heterocycles. The summed E-state index contributed by atoms with van der Waals surface area (Å²) in [5.74, 6) is 0.362. The third-order valence-corrected chi connectivity index (χ3v) is 2.92. The SMILES string of the molecule is CCc1cc(-c2ccccc2)c(O)cc1C. The first kappa shape index (κ1) is 10.7. The van der Waals surface area contributed by atoms with Crippen molar-refractivity contribution in [1.29, 1.82) is 0 Å². The van der Waals surface area contributed by atoms with Gasteiger partial charge in [-0.3, -0.25) is 0 Å². The van der Waals surface area contributed by atoms with Crippen LogP contribution in [-0.2, 0) is 6.42 Å². The number of aromatic hydroxyl groups is 1. The molecule has 0 fully saturated rings. The zero-order valence-electron chi connectivity index (χ0n) is 9.70. The van der Waals surface area contributed by atoms with E-state index in [9.17, 15) is 5.11 Å². The molecule has 0 aliphatic heterocycles. The van der Waals surface area contributed by atoms with Gasteiger partial charge in [0, 0.05) is 5.56 Å². The Morgan fingerprint density at radius 2 is 1.75 bits per heavy atom. The van der Waals surface area contributed by atoms with Gasteiger partial charge in [0.25, 0.3) is 0 Å². The van der Waals surface area contributed by atoms with Gasteiger partial charge in [-0.2, -0.15) is 0 Å². The van der Waals surface area contributed by atoms with E-state index < -0.39 is 0 Å². The number of hydrogen-bond donors (Lipinski definition) is 1. The van der Waals surface area contributed by atoms with Crippen LogP contribution in [0.3, 0.4) is 0 Å². The summed E-state index contributed by atoms with van der Waals surface area (Å²) >= 11 is 0. The van der Waals surface area contributed by atoms with E-state index in [1.807, 2.05) is 43.3 Å². The fourth-order valence-electron chi connectivity index (χ4n) is 1.97. The Morgan fingerprint density at radius 3 is 2.38 bits per heavy atom. The molecule has 0 atom stereocenters. The molecule has 2 aromatic carbocycles. The molecular formula is C15H16O. The Balaban J connectivity index is 2.57. The summed E-state index contributed by atoms with van der Waals surface area (Å²) in [6.07, 6.45) is 0.992. The Bertz CT molecular complexity index is 486. The highest BCUT2D eigenvalue weighted by atomic mass is 16.3. The summed E-state index contributed by atoms with van der Waals surface area (Å²) in [5.41, 5.74) is 4.43.